The van der Waals surface area contributed by atoms with Gasteiger partial charge in [0.1, 0.15) is 11.6 Å². The van der Waals surface area contributed by atoms with Gasteiger partial charge in [-0.25, -0.2) is 21.8 Å². The van der Waals surface area contributed by atoms with E-state index >= 15 is 0 Å². The highest BCUT2D eigenvalue weighted by atomic mass is 79.9. The Balaban J connectivity index is 1.91. The van der Waals surface area contributed by atoms with Gasteiger partial charge in [0.25, 0.3) is 10.0 Å². The molecule has 0 amide bonds. The molecule has 0 unspecified atom stereocenters. The number of imidazole rings is 1. The van der Waals surface area contributed by atoms with Crippen molar-refractivity contribution in [3.05, 3.63) is 94.0 Å². The van der Waals surface area contributed by atoms with Crippen molar-refractivity contribution in [3.8, 4) is 0 Å². The predicted molar refractivity (Wildman–Crippen MR) is 117 cm³/mol. The SMILES string of the molecule is Cc1cc(S(=O)(=O)n2c(C=Cc3cccc(Br)c3)nc3ccccc32)ccc1F. The van der Waals surface area contributed by atoms with Crippen LogP contribution < -0.4 is 0 Å². The highest BCUT2D eigenvalue weighted by molar-refractivity contribution is 9.10. The molecule has 0 saturated carbocycles. The highest BCUT2D eigenvalue weighted by Gasteiger charge is 2.23. The normalized spacial score (nSPS) is 12.1. The molecule has 3 aromatic carbocycles. The second kappa shape index (κ2) is 7.57. The molecule has 0 fully saturated rings. The van der Waals surface area contributed by atoms with Crippen molar-refractivity contribution in [3.63, 3.8) is 0 Å². The molecule has 0 aliphatic rings. The highest BCUT2D eigenvalue weighted by Crippen LogP contribution is 2.26. The standard InChI is InChI=1S/C22H16BrFN2O2S/c1-15-13-18(10-11-19(15)24)29(27,28)26-21-8-3-2-7-20(21)25-22(26)12-9-16-5-4-6-17(23)14-16/h2-14H,1H3. The van der Waals surface area contributed by atoms with E-state index in [0.717, 1.165) is 10.0 Å². The third kappa shape index (κ3) is 3.75. The second-order valence-electron chi connectivity index (χ2n) is 6.53. The van der Waals surface area contributed by atoms with Gasteiger partial charge < -0.3 is 0 Å². The lowest BCUT2D eigenvalue weighted by Crippen LogP contribution is -2.15. The molecule has 0 aliphatic heterocycles. The summed E-state index contributed by atoms with van der Waals surface area (Å²) in [4.78, 5) is 4.50. The van der Waals surface area contributed by atoms with Crippen LogP contribution in [0.2, 0.25) is 0 Å². The minimum absolute atomic E-state index is 0.0108. The minimum atomic E-state index is -3.98. The monoisotopic (exact) mass is 470 g/mol. The number of aromatic nitrogens is 2. The van der Waals surface area contributed by atoms with E-state index in [0.29, 0.717) is 11.0 Å². The largest absolute Gasteiger partial charge is 0.269 e. The quantitative estimate of drug-likeness (QED) is 0.386. The number of hydrogen-bond donors (Lipinski definition) is 0. The molecular weight excluding hydrogens is 455 g/mol. The molecule has 7 heteroatoms. The summed E-state index contributed by atoms with van der Waals surface area (Å²) >= 11 is 3.42. The van der Waals surface area contributed by atoms with Crippen LogP contribution in [0.1, 0.15) is 17.0 Å². The molecule has 0 radical (unpaired) electrons. The Labute approximate surface area is 176 Å². The number of fused-ring (bicyclic) bond motifs is 1. The molecule has 4 rings (SSSR count). The number of rotatable bonds is 4. The maximum absolute atomic E-state index is 13.7. The van der Waals surface area contributed by atoms with E-state index in [-0.39, 0.29) is 16.3 Å². The van der Waals surface area contributed by atoms with E-state index in [1.807, 2.05) is 24.3 Å². The van der Waals surface area contributed by atoms with Crippen LogP contribution >= 0.6 is 15.9 Å². The topological polar surface area (TPSA) is 52.0 Å². The van der Waals surface area contributed by atoms with Crippen LogP contribution in [0.15, 0.2) is 76.1 Å². The zero-order valence-electron chi connectivity index (χ0n) is 15.4. The number of nitrogens with zero attached hydrogens (tertiary/aromatic N) is 2. The van der Waals surface area contributed by atoms with Crippen molar-refractivity contribution in [1.29, 1.82) is 0 Å². The van der Waals surface area contributed by atoms with Crippen LogP contribution in [0.5, 0.6) is 0 Å². The Bertz CT molecular complexity index is 1360. The van der Waals surface area contributed by atoms with E-state index in [1.54, 1.807) is 36.4 Å². The maximum Gasteiger partial charge on any atom is 0.269 e. The molecule has 29 heavy (non-hydrogen) atoms. The van der Waals surface area contributed by atoms with Crippen LogP contribution in [0, 0.1) is 12.7 Å². The second-order valence-corrected chi connectivity index (χ2v) is 9.23. The maximum atomic E-state index is 13.7. The zero-order valence-corrected chi connectivity index (χ0v) is 17.8. The summed E-state index contributed by atoms with van der Waals surface area (Å²) in [5, 5.41) is 0. The number of hydrogen-bond acceptors (Lipinski definition) is 3. The van der Waals surface area contributed by atoms with Crippen LogP contribution in [0.3, 0.4) is 0 Å². The number of benzene rings is 3. The van der Waals surface area contributed by atoms with E-state index in [9.17, 15) is 12.8 Å². The van der Waals surface area contributed by atoms with Crippen molar-refractivity contribution >= 4 is 49.1 Å². The lowest BCUT2D eigenvalue weighted by molar-refractivity contribution is 0.586. The Kier molecular flexibility index (Phi) is 5.10. The van der Waals surface area contributed by atoms with E-state index in [4.69, 9.17) is 0 Å². The summed E-state index contributed by atoms with van der Waals surface area (Å²) in [6, 6.07) is 18.4. The summed E-state index contributed by atoms with van der Waals surface area (Å²) in [5.41, 5.74) is 2.18. The predicted octanol–water partition coefficient (Wildman–Crippen LogP) is 5.65. The molecular formula is C22H16BrFN2O2S. The van der Waals surface area contributed by atoms with Crippen LogP contribution in [0.4, 0.5) is 4.39 Å². The smallest absolute Gasteiger partial charge is 0.228 e. The molecule has 0 N–H and O–H groups in total. The fourth-order valence-corrected chi connectivity index (χ4v) is 5.00. The van der Waals surface area contributed by atoms with Gasteiger partial charge in [-0.3, -0.25) is 0 Å². The minimum Gasteiger partial charge on any atom is -0.228 e. The third-order valence-corrected chi connectivity index (χ3v) is 6.69. The summed E-state index contributed by atoms with van der Waals surface area (Å²) in [6.45, 7) is 1.54. The lowest BCUT2D eigenvalue weighted by Gasteiger charge is -2.10. The Morgan fingerprint density at radius 1 is 1.00 bits per heavy atom. The molecule has 146 valence electrons. The van der Waals surface area contributed by atoms with Gasteiger partial charge >= 0.3 is 0 Å². The summed E-state index contributed by atoms with van der Waals surface area (Å²) < 4.78 is 42.6. The van der Waals surface area contributed by atoms with Gasteiger partial charge in [0, 0.05) is 4.47 Å². The van der Waals surface area contributed by atoms with Crippen molar-refractivity contribution in [2.75, 3.05) is 0 Å². The molecule has 0 saturated heterocycles. The molecule has 1 aromatic heterocycles. The molecule has 0 spiro atoms. The molecule has 4 aromatic rings. The first-order chi connectivity index (χ1) is 13.9. The average molecular weight is 471 g/mol. The first kappa shape index (κ1) is 19.5. The van der Waals surface area contributed by atoms with Gasteiger partial charge in [0.2, 0.25) is 0 Å². The van der Waals surface area contributed by atoms with Crippen molar-refractivity contribution < 1.29 is 12.8 Å². The van der Waals surface area contributed by atoms with E-state index in [1.165, 1.54) is 29.1 Å². The molecule has 1 heterocycles. The van der Waals surface area contributed by atoms with Crippen molar-refractivity contribution in [2.24, 2.45) is 0 Å². The van der Waals surface area contributed by atoms with Gasteiger partial charge in [-0.1, -0.05) is 46.3 Å². The Morgan fingerprint density at radius 3 is 2.55 bits per heavy atom. The van der Waals surface area contributed by atoms with Gasteiger partial charge in [-0.2, -0.15) is 0 Å². The van der Waals surface area contributed by atoms with Gasteiger partial charge in [0.05, 0.1) is 15.9 Å². The Hall–Kier alpha value is -2.77. The van der Waals surface area contributed by atoms with E-state index < -0.39 is 15.8 Å². The molecule has 0 bridgehead atoms. The first-order valence-electron chi connectivity index (χ1n) is 8.79. The van der Waals surface area contributed by atoms with Crippen molar-refractivity contribution in [2.45, 2.75) is 11.8 Å². The number of aryl methyl sites for hydroxylation is 1. The summed E-state index contributed by atoms with van der Waals surface area (Å²) in [6.07, 6.45) is 3.46. The van der Waals surface area contributed by atoms with Crippen LogP contribution in [0.25, 0.3) is 23.2 Å². The van der Waals surface area contributed by atoms with Crippen LogP contribution in [-0.2, 0) is 10.0 Å². The lowest BCUT2D eigenvalue weighted by atomic mass is 10.2. The number of halogens is 2. The average Bonchev–Trinajstić information content (AvgIpc) is 3.07. The zero-order chi connectivity index (χ0) is 20.6. The van der Waals surface area contributed by atoms with Gasteiger partial charge in [-0.15, -0.1) is 0 Å². The van der Waals surface area contributed by atoms with Crippen molar-refractivity contribution in [1.82, 2.24) is 8.96 Å². The van der Waals surface area contributed by atoms with Gasteiger partial charge in [0.15, 0.2) is 0 Å². The molecule has 0 aliphatic carbocycles. The summed E-state index contributed by atoms with van der Waals surface area (Å²) in [7, 11) is -3.98. The number of para-hydroxylation sites is 2. The molecule has 0 atom stereocenters. The van der Waals surface area contributed by atoms with Gasteiger partial charge in [-0.05, 0) is 66.6 Å². The fraction of sp³-hybridized carbons (Fsp3) is 0.0455. The summed E-state index contributed by atoms with van der Waals surface area (Å²) in [5.74, 6) is -0.178. The fourth-order valence-electron chi connectivity index (χ4n) is 3.04. The van der Waals surface area contributed by atoms with Crippen LogP contribution in [-0.4, -0.2) is 17.4 Å². The third-order valence-electron chi connectivity index (χ3n) is 4.48. The Morgan fingerprint density at radius 2 is 1.79 bits per heavy atom. The van der Waals surface area contributed by atoms with E-state index in [2.05, 4.69) is 20.9 Å². The first-order valence-corrected chi connectivity index (χ1v) is 11.0. The molecule has 4 nitrogen and oxygen atoms in total.